The molecule has 2 aromatic rings. The molecule has 0 aliphatic rings. The number of aliphatic imine (C=N–C) groups is 1. The minimum absolute atomic E-state index is 0.509. The van der Waals surface area contributed by atoms with E-state index in [1.807, 2.05) is 11.3 Å². The molecule has 2 rings (SSSR count). The number of rotatable bonds is 7. The van der Waals surface area contributed by atoms with Crippen molar-refractivity contribution in [1.29, 1.82) is 0 Å². The van der Waals surface area contributed by atoms with Crippen LogP contribution >= 0.6 is 22.7 Å². The summed E-state index contributed by atoms with van der Waals surface area (Å²) in [4.78, 5) is 11.7. The normalized spacial score (nSPS) is 12.0. The molecule has 0 spiro atoms. The van der Waals surface area contributed by atoms with Gasteiger partial charge in [0.2, 0.25) is 0 Å². The van der Waals surface area contributed by atoms with Gasteiger partial charge >= 0.3 is 0 Å². The maximum absolute atomic E-state index is 4.66. The van der Waals surface area contributed by atoms with Crippen LogP contribution in [-0.4, -0.2) is 24.5 Å². The highest BCUT2D eigenvalue weighted by atomic mass is 32.1. The monoisotopic (exact) mass is 350 g/mol. The van der Waals surface area contributed by atoms with E-state index >= 15 is 0 Å². The Kier molecular flexibility index (Phi) is 7.05. The number of guanidine groups is 1. The lowest BCUT2D eigenvalue weighted by atomic mass is 10.2. The van der Waals surface area contributed by atoms with E-state index in [0.717, 1.165) is 37.6 Å². The van der Waals surface area contributed by atoms with Gasteiger partial charge in [0.05, 0.1) is 17.2 Å². The maximum atomic E-state index is 4.66. The molecular formula is C17H26N4S2. The summed E-state index contributed by atoms with van der Waals surface area (Å²) < 4.78 is 0. The van der Waals surface area contributed by atoms with Crippen LogP contribution in [0, 0.1) is 0 Å². The van der Waals surface area contributed by atoms with Crippen molar-refractivity contribution in [3.63, 3.8) is 0 Å². The van der Waals surface area contributed by atoms with Crippen LogP contribution in [0.15, 0.2) is 22.5 Å². The highest BCUT2D eigenvalue weighted by molar-refractivity contribution is 7.12. The van der Waals surface area contributed by atoms with Gasteiger partial charge < -0.3 is 10.6 Å². The molecule has 0 atom stereocenters. The lowest BCUT2D eigenvalue weighted by Gasteiger charge is -2.10. The molecule has 0 bridgehead atoms. The first-order valence-corrected chi connectivity index (χ1v) is 9.78. The Balaban J connectivity index is 1.74. The van der Waals surface area contributed by atoms with Crippen molar-refractivity contribution in [1.82, 2.24) is 15.6 Å². The molecule has 0 saturated carbocycles. The minimum Gasteiger partial charge on any atom is -0.356 e. The Morgan fingerprint density at radius 3 is 2.65 bits per heavy atom. The van der Waals surface area contributed by atoms with Gasteiger partial charge in [-0.05, 0) is 18.6 Å². The van der Waals surface area contributed by atoms with Gasteiger partial charge in [0.1, 0.15) is 0 Å². The quantitative estimate of drug-likeness (QED) is 0.590. The van der Waals surface area contributed by atoms with Gasteiger partial charge in [-0.1, -0.05) is 20.8 Å². The average Bonchev–Trinajstić information content (AvgIpc) is 3.19. The van der Waals surface area contributed by atoms with Crippen molar-refractivity contribution in [3.05, 3.63) is 38.0 Å². The van der Waals surface area contributed by atoms with Gasteiger partial charge in [0.15, 0.2) is 5.96 Å². The second kappa shape index (κ2) is 9.03. The van der Waals surface area contributed by atoms with E-state index in [4.69, 9.17) is 0 Å². The van der Waals surface area contributed by atoms with E-state index in [1.165, 1.54) is 14.8 Å². The summed E-state index contributed by atoms with van der Waals surface area (Å²) >= 11 is 3.61. The fourth-order valence-corrected chi connectivity index (χ4v) is 3.88. The number of aromatic nitrogens is 1. The second-order valence-electron chi connectivity index (χ2n) is 5.66. The van der Waals surface area contributed by atoms with Gasteiger partial charge in [-0.25, -0.2) is 4.98 Å². The number of aryl methyl sites for hydroxylation is 1. The van der Waals surface area contributed by atoms with Crippen molar-refractivity contribution in [2.75, 3.05) is 13.6 Å². The molecule has 0 aliphatic heterocycles. The molecule has 0 amide bonds. The van der Waals surface area contributed by atoms with E-state index in [0.29, 0.717) is 5.92 Å². The lowest BCUT2D eigenvalue weighted by Crippen LogP contribution is -2.37. The number of thiophene rings is 1. The van der Waals surface area contributed by atoms with E-state index < -0.39 is 0 Å². The van der Waals surface area contributed by atoms with Gasteiger partial charge in [-0.15, -0.1) is 22.7 Å². The number of nitrogens with zero attached hydrogens (tertiary/aromatic N) is 2. The molecule has 0 aliphatic carbocycles. The van der Waals surface area contributed by atoms with Crippen LogP contribution in [0.1, 0.15) is 47.1 Å². The summed E-state index contributed by atoms with van der Waals surface area (Å²) in [6.45, 7) is 8.21. The Bertz CT molecular complexity index is 628. The van der Waals surface area contributed by atoms with Crippen LogP contribution in [0.4, 0.5) is 0 Å². The highest BCUT2D eigenvalue weighted by Gasteiger charge is 2.06. The summed E-state index contributed by atoms with van der Waals surface area (Å²) in [6.07, 6.45) is 2.02. The molecular weight excluding hydrogens is 324 g/mol. The van der Waals surface area contributed by atoms with Crippen molar-refractivity contribution in [2.45, 2.75) is 46.1 Å². The molecule has 6 heteroatoms. The van der Waals surface area contributed by atoms with Crippen LogP contribution in [0.25, 0.3) is 0 Å². The average molecular weight is 351 g/mol. The Labute approximate surface area is 147 Å². The topological polar surface area (TPSA) is 49.3 Å². The van der Waals surface area contributed by atoms with E-state index in [1.54, 1.807) is 18.4 Å². The third-order valence-corrected chi connectivity index (χ3v) is 5.88. The maximum Gasteiger partial charge on any atom is 0.191 e. The van der Waals surface area contributed by atoms with E-state index in [9.17, 15) is 0 Å². The summed E-state index contributed by atoms with van der Waals surface area (Å²) in [5.74, 6) is 1.35. The van der Waals surface area contributed by atoms with Gasteiger partial charge in [-0.2, -0.15) is 0 Å². The Hall–Kier alpha value is -1.40. The minimum atomic E-state index is 0.509. The third-order valence-electron chi connectivity index (χ3n) is 3.46. The Morgan fingerprint density at radius 2 is 2.04 bits per heavy atom. The van der Waals surface area contributed by atoms with Gasteiger partial charge in [0, 0.05) is 41.1 Å². The molecule has 126 valence electrons. The van der Waals surface area contributed by atoms with Crippen molar-refractivity contribution >= 4 is 28.6 Å². The van der Waals surface area contributed by atoms with Crippen LogP contribution in [0.3, 0.4) is 0 Å². The molecule has 0 saturated heterocycles. The molecule has 0 fully saturated rings. The summed E-state index contributed by atoms with van der Waals surface area (Å²) in [5.41, 5.74) is 1.16. The predicted octanol–water partition coefficient (Wildman–Crippen LogP) is 3.80. The van der Waals surface area contributed by atoms with Crippen molar-refractivity contribution in [2.24, 2.45) is 4.99 Å². The van der Waals surface area contributed by atoms with Crippen LogP contribution < -0.4 is 10.6 Å². The molecule has 0 radical (unpaired) electrons. The molecule has 23 heavy (non-hydrogen) atoms. The molecule has 4 nitrogen and oxygen atoms in total. The zero-order valence-corrected chi connectivity index (χ0v) is 16.0. The first kappa shape index (κ1) is 17.9. The number of hydrogen-bond donors (Lipinski definition) is 2. The van der Waals surface area contributed by atoms with Crippen LogP contribution in [0.5, 0.6) is 0 Å². The zero-order valence-electron chi connectivity index (χ0n) is 14.3. The smallest absolute Gasteiger partial charge is 0.191 e. The summed E-state index contributed by atoms with van der Waals surface area (Å²) in [5, 5.41) is 10.1. The molecule has 0 unspecified atom stereocenters. The summed E-state index contributed by atoms with van der Waals surface area (Å²) in [6, 6.07) is 4.39. The van der Waals surface area contributed by atoms with E-state index in [-0.39, 0.29) is 0 Å². The van der Waals surface area contributed by atoms with Crippen molar-refractivity contribution < 1.29 is 0 Å². The largest absolute Gasteiger partial charge is 0.356 e. The first-order chi connectivity index (χ1) is 11.1. The number of thiazole rings is 1. The fourth-order valence-electron chi connectivity index (χ4n) is 2.11. The zero-order chi connectivity index (χ0) is 16.7. The number of hydrogen-bond acceptors (Lipinski definition) is 4. The van der Waals surface area contributed by atoms with Crippen LogP contribution in [-0.2, 0) is 19.4 Å². The predicted molar refractivity (Wildman–Crippen MR) is 102 cm³/mol. The molecule has 2 aromatic heterocycles. The van der Waals surface area contributed by atoms with Crippen molar-refractivity contribution in [3.8, 4) is 0 Å². The SMILES string of the molecule is CCc1ccc(CNC(=NC)NCCc2csc(C(C)C)n2)s1. The fraction of sp³-hybridized carbons (Fsp3) is 0.529. The molecule has 2 heterocycles. The van der Waals surface area contributed by atoms with Crippen LogP contribution in [0.2, 0.25) is 0 Å². The molecule has 0 aromatic carbocycles. The van der Waals surface area contributed by atoms with Gasteiger partial charge in [-0.3, -0.25) is 4.99 Å². The Morgan fingerprint density at radius 1 is 1.26 bits per heavy atom. The first-order valence-electron chi connectivity index (χ1n) is 8.08. The number of nitrogens with one attached hydrogen (secondary N) is 2. The third kappa shape index (κ3) is 5.62. The standard InChI is InChI=1S/C17H26N4S2/c1-5-14-6-7-15(23-14)10-20-17(18-4)19-9-8-13-11-22-16(21-13)12(2)3/h6-7,11-12H,5,8-10H2,1-4H3,(H2,18,19,20). The van der Waals surface area contributed by atoms with E-state index in [2.05, 4.69) is 58.9 Å². The molecule has 2 N–H and O–H groups in total. The van der Waals surface area contributed by atoms with Gasteiger partial charge in [0.25, 0.3) is 0 Å². The summed E-state index contributed by atoms with van der Waals surface area (Å²) in [7, 11) is 1.81. The lowest BCUT2D eigenvalue weighted by molar-refractivity contribution is 0.780. The second-order valence-corrected chi connectivity index (χ2v) is 7.80. The highest BCUT2D eigenvalue weighted by Crippen LogP contribution is 2.19.